The molecule has 0 unspecified atom stereocenters. The van der Waals surface area contributed by atoms with Gasteiger partial charge in [0.05, 0.1) is 11.1 Å². The quantitative estimate of drug-likeness (QED) is 0.467. The molecule has 28 heavy (non-hydrogen) atoms. The number of aromatic nitrogens is 1. The van der Waals surface area contributed by atoms with Gasteiger partial charge in [-0.1, -0.05) is 48.2 Å². The highest BCUT2D eigenvalue weighted by molar-refractivity contribution is 5.86. The molecule has 1 fully saturated rings. The summed E-state index contributed by atoms with van der Waals surface area (Å²) in [5.41, 5.74) is 3.40. The van der Waals surface area contributed by atoms with Gasteiger partial charge in [-0.3, -0.25) is 4.98 Å². The highest BCUT2D eigenvalue weighted by atomic mass is 19.4. The lowest BCUT2D eigenvalue weighted by molar-refractivity contribution is -0.222. The van der Waals surface area contributed by atoms with E-state index in [1.807, 2.05) is 38.1 Å². The van der Waals surface area contributed by atoms with Gasteiger partial charge in [0, 0.05) is 17.1 Å². The number of hydrogen-bond donors (Lipinski definition) is 0. The normalized spacial score (nSPS) is 16.6. The van der Waals surface area contributed by atoms with E-state index in [2.05, 4.69) is 23.2 Å². The summed E-state index contributed by atoms with van der Waals surface area (Å²) in [6.07, 6.45) is -0.491. The zero-order valence-corrected chi connectivity index (χ0v) is 16.2. The molecule has 0 N–H and O–H groups in total. The third-order valence-corrected chi connectivity index (χ3v) is 6.01. The van der Waals surface area contributed by atoms with Crippen molar-refractivity contribution in [3.63, 3.8) is 0 Å². The predicted molar refractivity (Wildman–Crippen MR) is 107 cm³/mol. The Bertz CT molecular complexity index is 994. The zero-order chi connectivity index (χ0) is 19.9. The summed E-state index contributed by atoms with van der Waals surface area (Å²) in [6.45, 7) is 4.10. The number of alkyl halides is 3. The van der Waals surface area contributed by atoms with Crippen molar-refractivity contribution < 1.29 is 13.2 Å². The van der Waals surface area contributed by atoms with Gasteiger partial charge in [-0.05, 0) is 62.3 Å². The Kier molecular flexibility index (Phi) is 4.68. The largest absolute Gasteiger partial charge is 0.394 e. The fraction of sp³-hybridized carbons (Fsp3) is 0.375. The Morgan fingerprint density at radius 1 is 0.893 bits per heavy atom. The molecule has 1 heterocycles. The molecule has 1 aliphatic rings. The Morgan fingerprint density at radius 3 is 2.21 bits per heavy atom. The zero-order valence-electron chi connectivity index (χ0n) is 16.2. The first-order chi connectivity index (χ1) is 13.3. The highest BCUT2D eigenvalue weighted by Gasteiger charge is 2.55. The van der Waals surface area contributed by atoms with Crippen LogP contribution in [0.3, 0.4) is 0 Å². The van der Waals surface area contributed by atoms with Crippen molar-refractivity contribution in [2.45, 2.75) is 52.1 Å². The molecular formula is C24H24F3N. The average Bonchev–Trinajstić information content (AvgIpc) is 3.10. The summed E-state index contributed by atoms with van der Waals surface area (Å²) < 4.78 is 41.3. The fourth-order valence-corrected chi connectivity index (χ4v) is 4.58. The Hall–Kier alpha value is -2.36. The first-order valence-electron chi connectivity index (χ1n) is 9.80. The van der Waals surface area contributed by atoms with Crippen molar-refractivity contribution in [3.8, 4) is 11.3 Å². The first kappa shape index (κ1) is 19.0. The summed E-state index contributed by atoms with van der Waals surface area (Å²) in [4.78, 5) is 4.57. The summed E-state index contributed by atoms with van der Waals surface area (Å²) in [6, 6.07) is 13.9. The van der Waals surface area contributed by atoms with Crippen LogP contribution < -0.4 is 0 Å². The van der Waals surface area contributed by atoms with Gasteiger partial charge in [0.2, 0.25) is 0 Å². The number of rotatable bonds is 3. The second-order valence-corrected chi connectivity index (χ2v) is 8.29. The van der Waals surface area contributed by atoms with Crippen LogP contribution in [-0.2, 0) is 6.42 Å². The Balaban J connectivity index is 1.72. The van der Waals surface area contributed by atoms with E-state index >= 15 is 0 Å². The monoisotopic (exact) mass is 383 g/mol. The molecule has 3 aromatic rings. The van der Waals surface area contributed by atoms with Crippen LogP contribution in [0.5, 0.6) is 0 Å². The van der Waals surface area contributed by atoms with Gasteiger partial charge in [0.1, 0.15) is 0 Å². The van der Waals surface area contributed by atoms with Gasteiger partial charge in [-0.2, -0.15) is 13.2 Å². The van der Waals surface area contributed by atoms with Gasteiger partial charge in [-0.25, -0.2) is 0 Å². The van der Waals surface area contributed by atoms with E-state index in [0.717, 1.165) is 27.6 Å². The van der Waals surface area contributed by atoms with Gasteiger partial charge in [0.25, 0.3) is 0 Å². The van der Waals surface area contributed by atoms with Crippen LogP contribution in [0.4, 0.5) is 13.2 Å². The molecule has 4 rings (SSSR count). The van der Waals surface area contributed by atoms with Crippen molar-refractivity contribution >= 4 is 10.8 Å². The second-order valence-electron chi connectivity index (χ2n) is 8.29. The van der Waals surface area contributed by atoms with Gasteiger partial charge >= 0.3 is 6.18 Å². The van der Waals surface area contributed by atoms with E-state index in [9.17, 15) is 13.2 Å². The van der Waals surface area contributed by atoms with Crippen LogP contribution in [0.25, 0.3) is 22.0 Å². The van der Waals surface area contributed by atoms with E-state index in [0.29, 0.717) is 12.8 Å². The van der Waals surface area contributed by atoms with Gasteiger partial charge in [0.15, 0.2) is 0 Å². The van der Waals surface area contributed by atoms with Crippen molar-refractivity contribution in [1.29, 1.82) is 0 Å². The molecular weight excluding hydrogens is 359 g/mol. The summed E-state index contributed by atoms with van der Waals surface area (Å²) >= 11 is 0. The molecule has 146 valence electrons. The van der Waals surface area contributed by atoms with E-state index in [1.165, 1.54) is 11.1 Å². The standard InChI is InChI=1S/C24H24F3N/c1-16-9-17(2)11-21(10-16)22-13-20-12-18(5-6-19(20)15-28-22)14-23(24(25,26)27)7-3-4-8-23/h5-6,9-13,15H,3-4,7-8,14H2,1-2H3. The average molecular weight is 383 g/mol. The maximum absolute atomic E-state index is 13.8. The summed E-state index contributed by atoms with van der Waals surface area (Å²) in [5.74, 6) is 0. The highest BCUT2D eigenvalue weighted by Crippen LogP contribution is 2.52. The predicted octanol–water partition coefficient (Wildman–Crippen LogP) is 7.18. The smallest absolute Gasteiger partial charge is 0.256 e. The van der Waals surface area contributed by atoms with E-state index in [4.69, 9.17) is 0 Å². The van der Waals surface area contributed by atoms with Gasteiger partial charge < -0.3 is 0 Å². The molecule has 2 aromatic carbocycles. The molecule has 0 radical (unpaired) electrons. The van der Waals surface area contributed by atoms with Gasteiger partial charge in [-0.15, -0.1) is 0 Å². The molecule has 4 heteroatoms. The van der Waals surface area contributed by atoms with Crippen molar-refractivity contribution in [2.75, 3.05) is 0 Å². The third-order valence-electron chi connectivity index (χ3n) is 6.01. The maximum atomic E-state index is 13.8. The minimum atomic E-state index is -4.15. The van der Waals surface area contributed by atoms with Crippen LogP contribution in [0, 0.1) is 19.3 Å². The lowest BCUT2D eigenvalue weighted by Crippen LogP contribution is -2.37. The number of nitrogens with zero attached hydrogens (tertiary/aromatic N) is 1. The SMILES string of the molecule is Cc1cc(C)cc(-c2cc3cc(CC4(C(F)(F)F)CCCC4)ccc3cn2)c1. The number of benzene rings is 2. The minimum Gasteiger partial charge on any atom is -0.256 e. The number of halogens is 3. The van der Waals surface area contributed by atoms with E-state index < -0.39 is 11.6 Å². The molecule has 1 aromatic heterocycles. The molecule has 0 bridgehead atoms. The molecule has 1 nitrogen and oxygen atoms in total. The van der Waals surface area contributed by atoms with E-state index in [1.54, 1.807) is 6.20 Å². The molecule has 0 aliphatic heterocycles. The van der Waals surface area contributed by atoms with E-state index in [-0.39, 0.29) is 19.3 Å². The minimum absolute atomic E-state index is 0.0631. The topological polar surface area (TPSA) is 12.9 Å². The van der Waals surface area contributed by atoms with Crippen molar-refractivity contribution in [1.82, 2.24) is 4.98 Å². The van der Waals surface area contributed by atoms with Crippen LogP contribution >= 0.6 is 0 Å². The van der Waals surface area contributed by atoms with Crippen molar-refractivity contribution in [3.05, 3.63) is 65.4 Å². The lowest BCUT2D eigenvalue weighted by atomic mass is 9.79. The lowest BCUT2D eigenvalue weighted by Gasteiger charge is -2.31. The second kappa shape index (κ2) is 6.91. The molecule has 0 spiro atoms. The Labute approximate surface area is 163 Å². The van der Waals surface area contributed by atoms with Crippen LogP contribution in [0.15, 0.2) is 48.7 Å². The fourth-order valence-electron chi connectivity index (χ4n) is 4.58. The number of hydrogen-bond acceptors (Lipinski definition) is 1. The number of fused-ring (bicyclic) bond motifs is 1. The summed E-state index contributed by atoms with van der Waals surface area (Å²) in [5, 5.41) is 1.89. The van der Waals surface area contributed by atoms with Crippen molar-refractivity contribution in [2.24, 2.45) is 5.41 Å². The van der Waals surface area contributed by atoms with Crippen LogP contribution in [0.1, 0.15) is 42.4 Å². The Morgan fingerprint density at radius 2 is 1.57 bits per heavy atom. The molecule has 0 saturated heterocycles. The number of pyridine rings is 1. The summed E-state index contributed by atoms with van der Waals surface area (Å²) in [7, 11) is 0. The third kappa shape index (κ3) is 3.52. The molecule has 0 amide bonds. The molecule has 1 aliphatic carbocycles. The maximum Gasteiger partial charge on any atom is 0.394 e. The first-order valence-corrected chi connectivity index (χ1v) is 9.80. The van der Waals surface area contributed by atoms with Crippen LogP contribution in [-0.4, -0.2) is 11.2 Å². The number of aryl methyl sites for hydroxylation is 2. The molecule has 0 atom stereocenters. The molecule has 1 saturated carbocycles. The van der Waals surface area contributed by atoms with Crippen LogP contribution in [0.2, 0.25) is 0 Å².